The minimum Gasteiger partial charge on any atom is -0.349 e. The second-order valence-electron chi connectivity index (χ2n) is 11.8. The number of sulfonamides is 1. The molecule has 1 saturated heterocycles. The fourth-order valence-corrected chi connectivity index (χ4v) is 9.55. The van der Waals surface area contributed by atoms with Crippen molar-refractivity contribution in [1.29, 1.82) is 0 Å². The van der Waals surface area contributed by atoms with Gasteiger partial charge in [0.2, 0.25) is 10.0 Å². The number of piperidine rings is 1. The molecule has 3 unspecified atom stereocenters. The van der Waals surface area contributed by atoms with Crippen LogP contribution in [0.1, 0.15) is 76.1 Å². The molecule has 1 N–H and O–H groups in total. The lowest BCUT2D eigenvalue weighted by molar-refractivity contribution is -0.0688. The Morgan fingerprint density at radius 2 is 1.44 bits per heavy atom. The fraction of sp³-hybridized carbons (Fsp3) is 0.731. The maximum absolute atomic E-state index is 13.1. The number of nitrogens with one attached hydrogen (secondary N) is 1. The Morgan fingerprint density at radius 1 is 0.938 bits per heavy atom. The van der Waals surface area contributed by atoms with Crippen molar-refractivity contribution in [3.63, 3.8) is 0 Å². The molecule has 1 aliphatic heterocycles. The molecule has 0 aromatic heterocycles. The molecule has 1 amide bonds. The van der Waals surface area contributed by atoms with Gasteiger partial charge >= 0.3 is 0 Å². The molecule has 6 rings (SSSR count). The summed E-state index contributed by atoms with van der Waals surface area (Å²) in [5, 5.41) is 3.29. The van der Waals surface area contributed by atoms with Gasteiger partial charge in [0, 0.05) is 24.7 Å². The molecule has 32 heavy (non-hydrogen) atoms. The summed E-state index contributed by atoms with van der Waals surface area (Å²) in [6.07, 6.45) is 9.01. The van der Waals surface area contributed by atoms with Crippen molar-refractivity contribution in [2.24, 2.45) is 35.0 Å². The van der Waals surface area contributed by atoms with E-state index in [2.05, 4.69) is 26.1 Å². The van der Waals surface area contributed by atoms with Crippen LogP contribution in [0.3, 0.4) is 0 Å². The van der Waals surface area contributed by atoms with Gasteiger partial charge in [0.1, 0.15) is 0 Å². The van der Waals surface area contributed by atoms with Crippen LogP contribution >= 0.6 is 0 Å². The van der Waals surface area contributed by atoms with E-state index in [1.807, 2.05) is 0 Å². The van der Waals surface area contributed by atoms with Crippen LogP contribution in [0.2, 0.25) is 0 Å². The highest BCUT2D eigenvalue weighted by molar-refractivity contribution is 7.89. The highest BCUT2D eigenvalue weighted by atomic mass is 32.2. The van der Waals surface area contributed by atoms with Crippen LogP contribution in [0.5, 0.6) is 0 Å². The predicted molar refractivity (Wildman–Crippen MR) is 126 cm³/mol. The first-order valence-electron chi connectivity index (χ1n) is 12.6. The Kier molecular flexibility index (Phi) is 5.68. The van der Waals surface area contributed by atoms with Crippen molar-refractivity contribution in [2.75, 3.05) is 13.1 Å². The molecule has 5 nitrogen and oxygen atoms in total. The number of carbonyl (C=O) groups is 1. The lowest BCUT2D eigenvalue weighted by Crippen LogP contribution is -2.55. The van der Waals surface area contributed by atoms with Crippen molar-refractivity contribution in [1.82, 2.24) is 9.62 Å². The largest absolute Gasteiger partial charge is 0.349 e. The third-order valence-corrected chi connectivity index (χ3v) is 10.8. The van der Waals surface area contributed by atoms with Gasteiger partial charge in [0.25, 0.3) is 5.91 Å². The first-order valence-corrected chi connectivity index (χ1v) is 14.0. The van der Waals surface area contributed by atoms with Gasteiger partial charge in [-0.2, -0.15) is 4.31 Å². The minimum absolute atomic E-state index is 0.0857. The Labute approximate surface area is 193 Å². The fourth-order valence-electron chi connectivity index (χ4n) is 7.87. The summed E-state index contributed by atoms with van der Waals surface area (Å²) in [6.45, 7) is 7.53. The monoisotopic (exact) mass is 458 g/mol. The zero-order chi connectivity index (χ0) is 22.7. The first-order chi connectivity index (χ1) is 15.1. The molecule has 6 heteroatoms. The number of amides is 1. The summed E-state index contributed by atoms with van der Waals surface area (Å²) in [4.78, 5) is 13.3. The van der Waals surface area contributed by atoms with Gasteiger partial charge in [-0.1, -0.05) is 13.8 Å². The van der Waals surface area contributed by atoms with Crippen molar-refractivity contribution < 1.29 is 13.2 Å². The zero-order valence-electron chi connectivity index (χ0n) is 19.7. The van der Waals surface area contributed by atoms with E-state index < -0.39 is 10.0 Å². The van der Waals surface area contributed by atoms with Gasteiger partial charge in [0.05, 0.1) is 4.90 Å². The van der Waals surface area contributed by atoms with Gasteiger partial charge in [-0.05, 0) is 111 Å². The van der Waals surface area contributed by atoms with Gasteiger partial charge in [-0.15, -0.1) is 0 Å². The normalized spacial score (nSPS) is 37.9. The number of hydrogen-bond acceptors (Lipinski definition) is 3. The SMILES string of the molecule is CC1CC(C)CN(S(=O)(=O)c2ccc(C(=O)NC(C)C34CC5CC(CC(C5)C3)C4)cc2)C1. The lowest BCUT2D eigenvalue weighted by atomic mass is 9.48. The van der Waals surface area contributed by atoms with E-state index in [4.69, 9.17) is 0 Å². The Bertz CT molecular complexity index is 926. The summed E-state index contributed by atoms with van der Waals surface area (Å²) in [7, 11) is -3.52. The van der Waals surface area contributed by atoms with E-state index in [0.717, 1.165) is 24.2 Å². The molecule has 4 aliphatic carbocycles. The first kappa shape index (κ1) is 22.4. The maximum Gasteiger partial charge on any atom is 0.251 e. The predicted octanol–water partition coefficient (Wildman–Crippen LogP) is 4.69. The van der Waals surface area contributed by atoms with Crippen LogP contribution in [0.4, 0.5) is 0 Å². The molecule has 1 aromatic rings. The summed E-state index contributed by atoms with van der Waals surface area (Å²) >= 11 is 0. The molecule has 0 spiro atoms. The van der Waals surface area contributed by atoms with Gasteiger partial charge < -0.3 is 5.32 Å². The highest BCUT2D eigenvalue weighted by Gasteiger charge is 2.53. The lowest BCUT2D eigenvalue weighted by Gasteiger charge is -2.59. The molecular weight excluding hydrogens is 420 g/mol. The Balaban J connectivity index is 1.26. The molecular formula is C26H38N2O3S. The molecule has 176 valence electrons. The molecule has 4 bridgehead atoms. The number of nitrogens with zero attached hydrogens (tertiary/aromatic N) is 1. The van der Waals surface area contributed by atoms with Crippen LogP contribution < -0.4 is 5.32 Å². The second-order valence-corrected chi connectivity index (χ2v) is 13.7. The number of hydrogen-bond donors (Lipinski definition) is 1. The number of benzene rings is 1. The quantitative estimate of drug-likeness (QED) is 0.696. The molecule has 0 radical (unpaired) electrons. The third-order valence-electron chi connectivity index (χ3n) is 8.94. The summed E-state index contributed by atoms with van der Waals surface area (Å²) in [6, 6.07) is 6.70. The average molecular weight is 459 g/mol. The second kappa shape index (κ2) is 8.12. The molecule has 5 fully saturated rings. The molecule has 4 saturated carbocycles. The molecule has 5 aliphatic rings. The standard InChI is InChI=1S/C26H38N2O3S/c1-17-8-18(2)16-28(15-17)32(30,31)24-6-4-23(5-7-24)25(29)27-19(3)26-12-20-9-21(13-26)11-22(10-20)14-26/h4-7,17-22H,8-16H2,1-3H3,(H,27,29). The van der Waals surface area contributed by atoms with Crippen molar-refractivity contribution >= 4 is 15.9 Å². The summed E-state index contributed by atoms with van der Waals surface area (Å²) in [5.41, 5.74) is 0.802. The zero-order valence-corrected chi connectivity index (χ0v) is 20.5. The van der Waals surface area contributed by atoms with E-state index in [1.54, 1.807) is 28.6 Å². The van der Waals surface area contributed by atoms with Crippen LogP contribution in [0.15, 0.2) is 29.2 Å². The summed E-state index contributed by atoms with van der Waals surface area (Å²) in [5.74, 6) is 3.20. The van der Waals surface area contributed by atoms with Crippen molar-refractivity contribution in [3.05, 3.63) is 29.8 Å². The van der Waals surface area contributed by atoms with Gasteiger partial charge in [-0.25, -0.2) is 8.42 Å². The smallest absolute Gasteiger partial charge is 0.251 e. The Morgan fingerprint density at radius 3 is 1.94 bits per heavy atom. The van der Waals surface area contributed by atoms with E-state index >= 15 is 0 Å². The van der Waals surface area contributed by atoms with E-state index in [0.29, 0.717) is 30.5 Å². The van der Waals surface area contributed by atoms with Crippen LogP contribution in [-0.2, 0) is 10.0 Å². The van der Waals surface area contributed by atoms with E-state index in [9.17, 15) is 13.2 Å². The Hall–Kier alpha value is -1.40. The maximum atomic E-state index is 13.1. The highest BCUT2D eigenvalue weighted by Crippen LogP contribution is 2.61. The third kappa shape index (κ3) is 4.02. The molecule has 1 heterocycles. The number of carbonyl (C=O) groups excluding carboxylic acids is 1. The van der Waals surface area contributed by atoms with Gasteiger partial charge in [0.15, 0.2) is 0 Å². The van der Waals surface area contributed by atoms with Crippen molar-refractivity contribution in [3.8, 4) is 0 Å². The van der Waals surface area contributed by atoms with E-state index in [1.165, 1.54) is 38.5 Å². The summed E-state index contributed by atoms with van der Waals surface area (Å²) < 4.78 is 27.9. The van der Waals surface area contributed by atoms with E-state index in [-0.39, 0.29) is 22.3 Å². The van der Waals surface area contributed by atoms with Crippen LogP contribution in [0, 0.1) is 35.0 Å². The van der Waals surface area contributed by atoms with Crippen LogP contribution in [0.25, 0.3) is 0 Å². The minimum atomic E-state index is -3.52. The molecule has 1 aromatic carbocycles. The van der Waals surface area contributed by atoms with Gasteiger partial charge in [-0.3, -0.25) is 4.79 Å². The van der Waals surface area contributed by atoms with Crippen molar-refractivity contribution in [2.45, 2.75) is 76.7 Å². The van der Waals surface area contributed by atoms with Crippen LogP contribution in [-0.4, -0.2) is 37.8 Å². The topological polar surface area (TPSA) is 66.5 Å². The molecule has 3 atom stereocenters. The average Bonchev–Trinajstić information content (AvgIpc) is 2.72. The number of rotatable bonds is 5.